The number of carbonyl (C=O) groups is 1. The second-order valence-electron chi connectivity index (χ2n) is 9.03. The fourth-order valence-electron chi connectivity index (χ4n) is 3.52. The number of carbonyl (C=O) groups excluding carboxylic acids is 1. The van der Waals surface area contributed by atoms with Gasteiger partial charge in [0, 0.05) is 35.5 Å². The highest BCUT2D eigenvalue weighted by Crippen LogP contribution is 2.32. The molecule has 0 saturated heterocycles. The third-order valence-electron chi connectivity index (χ3n) is 5.45. The molecule has 1 N–H and O–H groups in total. The standard InChI is InChI=1S/C22H25F3N8O/c1-6-32-13(2)14(9-27-32)11-31-12-15(10-26-31)28-20(34)16-7-19-29-17(21(3,4)5)8-18(22(23,24)25)33(19)30-16/h7-10,12H,6,11H2,1-5H3,(H,28,34). The van der Waals surface area contributed by atoms with E-state index >= 15 is 0 Å². The maximum absolute atomic E-state index is 13.7. The lowest BCUT2D eigenvalue weighted by molar-refractivity contribution is -0.142. The zero-order valence-corrected chi connectivity index (χ0v) is 19.5. The van der Waals surface area contributed by atoms with Crippen LogP contribution in [-0.2, 0) is 24.7 Å². The van der Waals surface area contributed by atoms with Crippen molar-refractivity contribution in [2.45, 2.75) is 59.3 Å². The Hall–Kier alpha value is -3.70. The summed E-state index contributed by atoms with van der Waals surface area (Å²) in [5, 5.41) is 15.1. The monoisotopic (exact) mass is 474 g/mol. The third kappa shape index (κ3) is 4.52. The number of fused-ring (bicyclic) bond motifs is 1. The number of hydrogen-bond acceptors (Lipinski definition) is 5. The zero-order chi connectivity index (χ0) is 24.8. The number of hydrogen-bond donors (Lipinski definition) is 1. The SMILES string of the molecule is CCn1ncc(Cn2cc(NC(=O)c3cc4nc(C(C)(C)C)cc(C(F)(F)F)n4n3)cn2)c1C. The normalized spacial score (nSPS) is 12.5. The Bertz CT molecular complexity index is 1360. The minimum atomic E-state index is -4.66. The summed E-state index contributed by atoms with van der Waals surface area (Å²) in [6.45, 7) is 10.5. The lowest BCUT2D eigenvalue weighted by Gasteiger charge is -2.19. The molecule has 12 heteroatoms. The summed E-state index contributed by atoms with van der Waals surface area (Å²) in [5.74, 6) is -0.662. The van der Waals surface area contributed by atoms with Crippen LogP contribution in [0.15, 0.2) is 30.7 Å². The van der Waals surface area contributed by atoms with Crippen molar-refractivity contribution in [1.29, 1.82) is 0 Å². The Balaban J connectivity index is 1.58. The molecule has 4 heterocycles. The predicted molar refractivity (Wildman–Crippen MR) is 119 cm³/mol. The molecule has 0 aromatic carbocycles. The van der Waals surface area contributed by atoms with Crippen LogP contribution >= 0.6 is 0 Å². The quantitative estimate of drug-likeness (QED) is 0.471. The lowest BCUT2D eigenvalue weighted by atomic mass is 9.91. The second kappa shape index (κ2) is 8.26. The van der Waals surface area contributed by atoms with Gasteiger partial charge >= 0.3 is 6.18 Å². The van der Waals surface area contributed by atoms with Crippen molar-refractivity contribution in [2.75, 3.05) is 5.32 Å². The predicted octanol–water partition coefficient (Wildman–Crippen LogP) is 4.07. The largest absolute Gasteiger partial charge is 0.433 e. The van der Waals surface area contributed by atoms with Gasteiger partial charge in [0.15, 0.2) is 11.3 Å². The topological polar surface area (TPSA) is 94.9 Å². The van der Waals surface area contributed by atoms with Crippen LogP contribution in [0.3, 0.4) is 0 Å². The third-order valence-corrected chi connectivity index (χ3v) is 5.45. The molecule has 0 aliphatic rings. The van der Waals surface area contributed by atoms with E-state index in [2.05, 4.69) is 25.6 Å². The van der Waals surface area contributed by atoms with Gasteiger partial charge in [-0.2, -0.15) is 28.5 Å². The fraction of sp³-hybridized carbons (Fsp3) is 0.409. The van der Waals surface area contributed by atoms with E-state index in [1.54, 1.807) is 37.8 Å². The zero-order valence-electron chi connectivity index (χ0n) is 19.5. The number of nitrogens with zero attached hydrogens (tertiary/aromatic N) is 7. The van der Waals surface area contributed by atoms with Gasteiger partial charge in [0.25, 0.3) is 5.91 Å². The van der Waals surface area contributed by atoms with E-state index in [0.29, 0.717) is 16.7 Å². The molecule has 1 amide bonds. The molecule has 4 rings (SSSR count). The van der Waals surface area contributed by atoms with Crippen molar-refractivity contribution in [3.05, 3.63) is 59.1 Å². The van der Waals surface area contributed by atoms with Crippen molar-refractivity contribution in [1.82, 2.24) is 34.2 Å². The average molecular weight is 474 g/mol. The Morgan fingerprint density at radius 2 is 1.85 bits per heavy atom. The molecule has 4 aromatic heterocycles. The molecule has 0 radical (unpaired) electrons. The molecule has 0 aliphatic carbocycles. The summed E-state index contributed by atoms with van der Waals surface area (Å²) in [4.78, 5) is 17.0. The minimum absolute atomic E-state index is 0.0518. The molecule has 0 spiro atoms. The number of aryl methyl sites for hydroxylation is 1. The van der Waals surface area contributed by atoms with Crippen molar-refractivity contribution >= 4 is 17.2 Å². The molecule has 0 bridgehead atoms. The Kier molecular flexibility index (Phi) is 5.70. The van der Waals surface area contributed by atoms with Gasteiger partial charge in [-0.25, -0.2) is 9.50 Å². The van der Waals surface area contributed by atoms with E-state index in [1.165, 1.54) is 12.3 Å². The van der Waals surface area contributed by atoms with Crippen LogP contribution in [-0.4, -0.2) is 40.1 Å². The maximum Gasteiger partial charge on any atom is 0.433 e. The molecule has 0 aliphatic heterocycles. The highest BCUT2D eigenvalue weighted by Gasteiger charge is 2.36. The highest BCUT2D eigenvalue weighted by atomic mass is 19.4. The van der Waals surface area contributed by atoms with Crippen molar-refractivity contribution in [3.63, 3.8) is 0 Å². The lowest BCUT2D eigenvalue weighted by Crippen LogP contribution is -2.20. The number of rotatable bonds is 5. The first-order valence-corrected chi connectivity index (χ1v) is 10.7. The Morgan fingerprint density at radius 3 is 2.47 bits per heavy atom. The maximum atomic E-state index is 13.7. The summed E-state index contributed by atoms with van der Waals surface area (Å²) in [7, 11) is 0. The molecular formula is C22H25F3N8O. The van der Waals surface area contributed by atoms with E-state index in [4.69, 9.17) is 0 Å². The van der Waals surface area contributed by atoms with E-state index < -0.39 is 23.2 Å². The van der Waals surface area contributed by atoms with Crippen molar-refractivity contribution < 1.29 is 18.0 Å². The van der Waals surface area contributed by atoms with Gasteiger partial charge in [0.05, 0.1) is 30.3 Å². The van der Waals surface area contributed by atoms with Gasteiger partial charge in [-0.1, -0.05) is 20.8 Å². The van der Waals surface area contributed by atoms with Gasteiger partial charge in [-0.3, -0.25) is 14.2 Å². The molecular weight excluding hydrogens is 449 g/mol. The van der Waals surface area contributed by atoms with Gasteiger partial charge < -0.3 is 5.32 Å². The number of alkyl halides is 3. The first-order chi connectivity index (χ1) is 15.9. The number of anilines is 1. The average Bonchev–Trinajstić information content (AvgIpc) is 3.45. The van der Waals surface area contributed by atoms with Crippen LogP contribution in [0.4, 0.5) is 18.9 Å². The van der Waals surface area contributed by atoms with E-state index in [9.17, 15) is 18.0 Å². The van der Waals surface area contributed by atoms with E-state index in [-0.39, 0.29) is 17.0 Å². The first-order valence-electron chi connectivity index (χ1n) is 10.7. The van der Waals surface area contributed by atoms with Gasteiger partial charge in [0.2, 0.25) is 0 Å². The summed E-state index contributed by atoms with van der Waals surface area (Å²) in [6.07, 6.45) is 0.205. The molecule has 180 valence electrons. The number of amides is 1. The van der Waals surface area contributed by atoms with Crippen molar-refractivity contribution in [3.8, 4) is 0 Å². The molecule has 0 saturated carbocycles. The van der Waals surface area contributed by atoms with Crippen LogP contribution in [0.5, 0.6) is 0 Å². The van der Waals surface area contributed by atoms with Gasteiger partial charge in [-0.15, -0.1) is 0 Å². The fourth-order valence-corrected chi connectivity index (χ4v) is 3.52. The summed E-state index contributed by atoms with van der Waals surface area (Å²) in [6, 6.07) is 2.21. The van der Waals surface area contributed by atoms with Crippen LogP contribution in [0.25, 0.3) is 5.65 Å². The Morgan fingerprint density at radius 1 is 1.12 bits per heavy atom. The molecule has 0 unspecified atom stereocenters. The Labute approximate surface area is 193 Å². The molecule has 0 atom stereocenters. The second-order valence-corrected chi connectivity index (χ2v) is 9.03. The number of nitrogens with one attached hydrogen (secondary N) is 1. The van der Waals surface area contributed by atoms with E-state index in [0.717, 1.165) is 23.9 Å². The summed E-state index contributed by atoms with van der Waals surface area (Å²) < 4.78 is 45.2. The van der Waals surface area contributed by atoms with Crippen LogP contribution in [0.2, 0.25) is 0 Å². The van der Waals surface area contributed by atoms with Crippen molar-refractivity contribution in [2.24, 2.45) is 0 Å². The first kappa shape index (κ1) is 23.5. The van der Waals surface area contributed by atoms with Crippen LogP contribution in [0, 0.1) is 6.92 Å². The molecule has 4 aromatic rings. The molecule has 0 fully saturated rings. The van der Waals surface area contributed by atoms with E-state index in [1.807, 2.05) is 18.5 Å². The number of halogens is 3. The summed E-state index contributed by atoms with van der Waals surface area (Å²) >= 11 is 0. The minimum Gasteiger partial charge on any atom is -0.318 e. The van der Waals surface area contributed by atoms with Gasteiger partial charge in [0.1, 0.15) is 5.69 Å². The van der Waals surface area contributed by atoms with Crippen LogP contribution < -0.4 is 5.32 Å². The smallest absolute Gasteiger partial charge is 0.318 e. The highest BCUT2D eigenvalue weighted by molar-refractivity contribution is 6.03. The molecule has 34 heavy (non-hydrogen) atoms. The van der Waals surface area contributed by atoms with Crippen LogP contribution in [0.1, 0.15) is 60.8 Å². The number of aromatic nitrogens is 7. The summed E-state index contributed by atoms with van der Waals surface area (Å²) in [5.41, 5.74) is 0.816. The van der Waals surface area contributed by atoms with Gasteiger partial charge in [-0.05, 0) is 19.9 Å². The molecule has 9 nitrogen and oxygen atoms in total.